The lowest BCUT2D eigenvalue weighted by atomic mass is 9.99. The van der Waals surface area contributed by atoms with E-state index in [2.05, 4.69) is 5.32 Å². The Morgan fingerprint density at radius 3 is 2.75 bits per heavy atom. The highest BCUT2D eigenvalue weighted by molar-refractivity contribution is 7.08. The van der Waals surface area contributed by atoms with Gasteiger partial charge in [-0.15, -0.1) is 0 Å². The minimum atomic E-state index is -0.544. The van der Waals surface area contributed by atoms with Gasteiger partial charge in [0.2, 0.25) is 0 Å². The number of fused-ring (bicyclic) bond motifs is 1. The molecule has 0 fully saturated rings. The van der Waals surface area contributed by atoms with Crippen molar-refractivity contribution in [2.45, 2.75) is 0 Å². The largest absolute Gasteiger partial charge is 0.318 e. The number of benzene rings is 1. The van der Waals surface area contributed by atoms with E-state index in [4.69, 9.17) is 0 Å². The second kappa shape index (κ2) is 3.28. The number of nitrogens with one attached hydrogen (secondary N) is 1. The number of carbonyl (C=O) groups excluding carboxylic acids is 2. The van der Waals surface area contributed by atoms with Gasteiger partial charge in [0, 0.05) is 0 Å². The maximum absolute atomic E-state index is 11.7. The molecule has 1 aromatic heterocycles. The smallest absolute Gasteiger partial charge is 0.296 e. The fourth-order valence-electron chi connectivity index (χ4n) is 1.85. The van der Waals surface area contributed by atoms with E-state index in [1.165, 1.54) is 0 Å². The number of anilines is 1. The van der Waals surface area contributed by atoms with Crippen LogP contribution in [0.4, 0.5) is 5.69 Å². The Hall–Kier alpha value is -1.94. The van der Waals surface area contributed by atoms with E-state index < -0.39 is 11.7 Å². The molecule has 1 aromatic carbocycles. The number of Topliss-reactive ketones (excluding diaryl/α,β-unsaturated/α-hetero) is 1. The summed E-state index contributed by atoms with van der Waals surface area (Å²) in [5.74, 6) is -0.991. The van der Waals surface area contributed by atoms with Crippen molar-refractivity contribution in [3.8, 4) is 11.1 Å². The monoisotopic (exact) mass is 229 g/mol. The Kier molecular flexibility index (Phi) is 1.91. The summed E-state index contributed by atoms with van der Waals surface area (Å²) < 4.78 is 0. The molecule has 3 rings (SSSR count). The van der Waals surface area contributed by atoms with E-state index in [-0.39, 0.29) is 0 Å². The Morgan fingerprint density at radius 1 is 1.12 bits per heavy atom. The predicted molar refractivity (Wildman–Crippen MR) is 62.7 cm³/mol. The molecule has 0 atom stereocenters. The zero-order valence-electron chi connectivity index (χ0n) is 8.19. The lowest BCUT2D eigenvalue weighted by Gasteiger charge is -2.03. The summed E-state index contributed by atoms with van der Waals surface area (Å²) in [6, 6.07) is 7.38. The summed E-state index contributed by atoms with van der Waals surface area (Å²) in [6.07, 6.45) is 0. The van der Waals surface area contributed by atoms with Crippen LogP contribution in [0.3, 0.4) is 0 Å². The number of hydrogen-bond acceptors (Lipinski definition) is 3. The Balaban J connectivity index is 2.27. The second-order valence-corrected chi connectivity index (χ2v) is 4.30. The number of thiophene rings is 1. The first-order chi connectivity index (χ1) is 7.77. The molecule has 0 radical (unpaired) electrons. The van der Waals surface area contributed by atoms with E-state index in [1.807, 2.05) is 29.0 Å². The van der Waals surface area contributed by atoms with Gasteiger partial charge in [-0.1, -0.05) is 12.1 Å². The minimum absolute atomic E-state index is 0.447. The van der Waals surface area contributed by atoms with E-state index in [1.54, 1.807) is 17.4 Å². The van der Waals surface area contributed by atoms with E-state index in [0.717, 1.165) is 11.1 Å². The van der Waals surface area contributed by atoms with Crippen LogP contribution in [0, 0.1) is 0 Å². The number of amides is 1. The molecule has 0 saturated heterocycles. The van der Waals surface area contributed by atoms with Crippen molar-refractivity contribution in [1.82, 2.24) is 0 Å². The van der Waals surface area contributed by atoms with Gasteiger partial charge in [0.05, 0.1) is 11.3 Å². The number of ketones is 1. The van der Waals surface area contributed by atoms with Crippen molar-refractivity contribution < 1.29 is 9.59 Å². The first-order valence-electron chi connectivity index (χ1n) is 4.78. The third-order valence-corrected chi connectivity index (χ3v) is 3.26. The average Bonchev–Trinajstić information content (AvgIpc) is 2.88. The van der Waals surface area contributed by atoms with Gasteiger partial charge in [-0.05, 0) is 34.0 Å². The Bertz CT molecular complexity index is 587. The summed E-state index contributed by atoms with van der Waals surface area (Å²) in [6.45, 7) is 0. The molecule has 1 aliphatic rings. The average molecular weight is 229 g/mol. The van der Waals surface area contributed by atoms with Gasteiger partial charge in [-0.25, -0.2) is 0 Å². The van der Waals surface area contributed by atoms with Crippen molar-refractivity contribution in [3.63, 3.8) is 0 Å². The molecule has 78 valence electrons. The Labute approximate surface area is 95.7 Å². The van der Waals surface area contributed by atoms with Crippen LogP contribution in [0.5, 0.6) is 0 Å². The third kappa shape index (κ3) is 1.20. The third-order valence-electron chi connectivity index (χ3n) is 2.58. The number of rotatable bonds is 1. The van der Waals surface area contributed by atoms with Crippen LogP contribution in [0.1, 0.15) is 10.4 Å². The van der Waals surface area contributed by atoms with Crippen molar-refractivity contribution in [2.24, 2.45) is 0 Å². The highest BCUT2D eigenvalue weighted by Crippen LogP contribution is 2.33. The van der Waals surface area contributed by atoms with Crippen LogP contribution in [0.2, 0.25) is 0 Å². The summed E-state index contributed by atoms with van der Waals surface area (Å²) in [5.41, 5.74) is 2.90. The Morgan fingerprint density at radius 2 is 2.00 bits per heavy atom. The van der Waals surface area contributed by atoms with Gasteiger partial charge < -0.3 is 5.32 Å². The maximum Gasteiger partial charge on any atom is 0.296 e. The van der Waals surface area contributed by atoms with Gasteiger partial charge >= 0.3 is 0 Å². The van der Waals surface area contributed by atoms with Crippen LogP contribution in [-0.2, 0) is 4.79 Å². The van der Waals surface area contributed by atoms with Gasteiger partial charge in [0.15, 0.2) is 0 Å². The standard InChI is InChI=1S/C12H7NO2S/c14-11-10-8(7-4-5-16-6-7)2-1-3-9(10)13-12(11)15/h1-6H,(H,13,14,15). The van der Waals surface area contributed by atoms with Crippen LogP contribution in [0.15, 0.2) is 35.0 Å². The molecule has 1 N–H and O–H groups in total. The zero-order valence-corrected chi connectivity index (χ0v) is 9.01. The molecule has 2 heterocycles. The zero-order chi connectivity index (χ0) is 11.1. The predicted octanol–water partition coefficient (Wildman–Crippen LogP) is 2.55. The van der Waals surface area contributed by atoms with Crippen molar-refractivity contribution >= 4 is 28.7 Å². The summed E-state index contributed by atoms with van der Waals surface area (Å²) in [7, 11) is 0. The highest BCUT2D eigenvalue weighted by Gasteiger charge is 2.30. The molecular formula is C12H7NO2S. The molecule has 3 nitrogen and oxygen atoms in total. The molecule has 0 aliphatic carbocycles. The number of hydrogen-bond donors (Lipinski definition) is 1. The highest BCUT2D eigenvalue weighted by atomic mass is 32.1. The first kappa shape index (κ1) is 9.30. The lowest BCUT2D eigenvalue weighted by Crippen LogP contribution is -2.12. The van der Waals surface area contributed by atoms with Crippen LogP contribution in [0.25, 0.3) is 11.1 Å². The number of carbonyl (C=O) groups is 2. The molecule has 4 heteroatoms. The van der Waals surface area contributed by atoms with Gasteiger partial charge in [-0.3, -0.25) is 9.59 Å². The maximum atomic E-state index is 11.7. The molecule has 0 unspecified atom stereocenters. The van der Waals surface area contributed by atoms with Crippen LogP contribution >= 0.6 is 11.3 Å². The fourth-order valence-corrected chi connectivity index (χ4v) is 2.51. The van der Waals surface area contributed by atoms with Gasteiger partial charge in [-0.2, -0.15) is 11.3 Å². The van der Waals surface area contributed by atoms with E-state index in [0.29, 0.717) is 11.3 Å². The fraction of sp³-hybridized carbons (Fsp3) is 0. The molecule has 2 aromatic rings. The SMILES string of the molecule is O=C1Nc2cccc(-c3ccsc3)c2C1=O. The summed E-state index contributed by atoms with van der Waals surface area (Å²) >= 11 is 1.57. The lowest BCUT2D eigenvalue weighted by molar-refractivity contribution is -0.112. The molecule has 1 amide bonds. The molecule has 1 aliphatic heterocycles. The molecule has 0 bridgehead atoms. The van der Waals surface area contributed by atoms with Crippen molar-refractivity contribution in [1.29, 1.82) is 0 Å². The normalized spacial score (nSPS) is 13.8. The second-order valence-electron chi connectivity index (χ2n) is 3.52. The van der Waals surface area contributed by atoms with E-state index in [9.17, 15) is 9.59 Å². The van der Waals surface area contributed by atoms with Crippen molar-refractivity contribution in [3.05, 3.63) is 40.6 Å². The van der Waals surface area contributed by atoms with Crippen LogP contribution < -0.4 is 5.32 Å². The molecule has 0 saturated carbocycles. The summed E-state index contributed by atoms with van der Waals surface area (Å²) in [4.78, 5) is 23.0. The van der Waals surface area contributed by atoms with Gasteiger partial charge in [0.1, 0.15) is 0 Å². The topological polar surface area (TPSA) is 46.2 Å². The van der Waals surface area contributed by atoms with Crippen molar-refractivity contribution in [2.75, 3.05) is 5.32 Å². The molecule has 16 heavy (non-hydrogen) atoms. The molecular weight excluding hydrogens is 222 g/mol. The first-order valence-corrected chi connectivity index (χ1v) is 5.73. The van der Waals surface area contributed by atoms with Gasteiger partial charge in [0.25, 0.3) is 11.7 Å². The quantitative estimate of drug-likeness (QED) is 0.764. The minimum Gasteiger partial charge on any atom is -0.318 e. The van der Waals surface area contributed by atoms with Crippen LogP contribution in [-0.4, -0.2) is 11.7 Å². The molecule has 0 spiro atoms. The summed E-state index contributed by atoms with van der Waals surface area (Å²) in [5, 5.41) is 6.48. The van der Waals surface area contributed by atoms with E-state index >= 15 is 0 Å².